The monoisotopic (exact) mass is 236 g/mol. The molecule has 17 heavy (non-hydrogen) atoms. The van der Waals surface area contributed by atoms with Crippen molar-refractivity contribution in [1.29, 1.82) is 0 Å². The first-order valence-corrected chi connectivity index (χ1v) is 5.59. The van der Waals surface area contributed by atoms with Crippen LogP contribution in [0.15, 0.2) is 18.2 Å². The number of aliphatic hydroxyl groups excluding tert-OH is 1. The molecule has 0 aromatic heterocycles. The number of benzene rings is 1. The summed E-state index contributed by atoms with van der Waals surface area (Å²) in [4.78, 5) is 13.5. The van der Waals surface area contributed by atoms with Crippen molar-refractivity contribution >= 4 is 17.3 Å². The van der Waals surface area contributed by atoms with E-state index in [1.54, 1.807) is 11.0 Å². The minimum absolute atomic E-state index is 0.00106. The highest BCUT2D eigenvalue weighted by Crippen LogP contribution is 2.29. The second kappa shape index (κ2) is 5.16. The summed E-state index contributed by atoms with van der Waals surface area (Å²) in [6.45, 7) is 1.24. The summed E-state index contributed by atoms with van der Waals surface area (Å²) in [6, 6.07) is 5.49. The van der Waals surface area contributed by atoms with E-state index in [9.17, 15) is 4.79 Å². The van der Waals surface area contributed by atoms with Crippen LogP contribution in [0.5, 0.6) is 0 Å². The van der Waals surface area contributed by atoms with Crippen molar-refractivity contribution in [3.8, 4) is 0 Å². The van der Waals surface area contributed by atoms with Gasteiger partial charge >= 0.3 is 0 Å². The highest BCUT2D eigenvalue weighted by atomic mass is 16.5. The van der Waals surface area contributed by atoms with Gasteiger partial charge in [0.25, 0.3) is 0 Å². The third kappa shape index (κ3) is 2.57. The molecule has 1 aliphatic rings. The lowest BCUT2D eigenvalue weighted by molar-refractivity contribution is -0.117. The second-order valence-corrected chi connectivity index (χ2v) is 3.95. The van der Waals surface area contributed by atoms with Gasteiger partial charge in [-0.25, -0.2) is 0 Å². The van der Waals surface area contributed by atoms with Crippen LogP contribution in [0.25, 0.3) is 0 Å². The van der Waals surface area contributed by atoms with Crippen LogP contribution in [0.1, 0.15) is 5.56 Å². The number of hydrogen-bond acceptors (Lipinski definition) is 4. The molecule has 3 N–H and O–H groups in total. The lowest BCUT2D eigenvalue weighted by atomic mass is 10.1. The van der Waals surface area contributed by atoms with E-state index in [0.717, 1.165) is 11.3 Å². The van der Waals surface area contributed by atoms with E-state index >= 15 is 0 Å². The average molecular weight is 236 g/mol. The Balaban J connectivity index is 2.02. The number of carbonyl (C=O) groups excluding carboxylic acids is 1. The number of nitrogens with zero attached hydrogens (tertiary/aromatic N) is 1. The second-order valence-electron chi connectivity index (χ2n) is 3.95. The van der Waals surface area contributed by atoms with E-state index in [1.165, 1.54) is 0 Å². The smallest absolute Gasteiger partial charge is 0.231 e. The van der Waals surface area contributed by atoms with Gasteiger partial charge in [-0.15, -0.1) is 0 Å². The maximum absolute atomic E-state index is 11.8. The zero-order chi connectivity index (χ0) is 12.3. The number of ether oxygens (including phenoxy) is 1. The predicted molar refractivity (Wildman–Crippen MR) is 64.8 cm³/mol. The van der Waals surface area contributed by atoms with Crippen LogP contribution in [0.2, 0.25) is 0 Å². The van der Waals surface area contributed by atoms with Crippen molar-refractivity contribution < 1.29 is 14.6 Å². The molecule has 2 rings (SSSR count). The predicted octanol–water partition coefficient (Wildman–Crippen LogP) is 0.167. The number of aliphatic hydroxyl groups is 1. The van der Waals surface area contributed by atoms with Gasteiger partial charge in [0.2, 0.25) is 5.91 Å². The lowest BCUT2D eigenvalue weighted by Gasteiger charge is -2.17. The Morgan fingerprint density at radius 1 is 1.41 bits per heavy atom. The molecule has 0 saturated carbocycles. The quantitative estimate of drug-likeness (QED) is 0.564. The number of rotatable bonds is 5. The third-order valence-electron chi connectivity index (χ3n) is 2.73. The maximum Gasteiger partial charge on any atom is 0.231 e. The highest BCUT2D eigenvalue weighted by Gasteiger charge is 2.26. The molecule has 1 aromatic rings. The number of fused-ring (bicyclic) bond motifs is 1. The lowest BCUT2D eigenvalue weighted by Crippen LogP contribution is -2.30. The fraction of sp³-hybridized carbons (Fsp3) is 0.417. The Bertz CT molecular complexity index is 420. The largest absolute Gasteiger partial charge is 0.399 e. The molecule has 5 heteroatoms. The van der Waals surface area contributed by atoms with Crippen LogP contribution in [0.4, 0.5) is 11.4 Å². The Hall–Kier alpha value is -1.59. The number of nitrogen functional groups attached to an aromatic ring is 1. The van der Waals surface area contributed by atoms with Crippen molar-refractivity contribution in [2.24, 2.45) is 0 Å². The Morgan fingerprint density at radius 3 is 3.00 bits per heavy atom. The molecule has 0 unspecified atom stereocenters. The minimum atomic E-state index is 0.00106. The number of anilines is 2. The first kappa shape index (κ1) is 11.9. The molecular formula is C12H16N2O3. The normalized spacial score (nSPS) is 14.2. The highest BCUT2D eigenvalue weighted by molar-refractivity contribution is 6.01. The fourth-order valence-corrected chi connectivity index (χ4v) is 1.97. The standard InChI is InChI=1S/C12H16N2O3/c13-10-1-2-11-9(7-10)8-12(16)14(11)3-5-17-6-4-15/h1-2,7,15H,3-6,8,13H2. The van der Waals surface area contributed by atoms with Crippen molar-refractivity contribution in [2.75, 3.05) is 37.0 Å². The van der Waals surface area contributed by atoms with Crippen molar-refractivity contribution in [2.45, 2.75) is 6.42 Å². The molecule has 1 heterocycles. The zero-order valence-electron chi connectivity index (χ0n) is 9.56. The van der Waals surface area contributed by atoms with E-state index in [1.807, 2.05) is 12.1 Å². The third-order valence-corrected chi connectivity index (χ3v) is 2.73. The van der Waals surface area contributed by atoms with Crippen LogP contribution in [0, 0.1) is 0 Å². The van der Waals surface area contributed by atoms with Gasteiger partial charge in [-0.2, -0.15) is 0 Å². The van der Waals surface area contributed by atoms with Crippen LogP contribution < -0.4 is 10.6 Å². The van der Waals surface area contributed by atoms with Gasteiger partial charge < -0.3 is 20.5 Å². The molecule has 0 radical (unpaired) electrons. The number of nitrogens with two attached hydrogens (primary N) is 1. The minimum Gasteiger partial charge on any atom is -0.399 e. The van der Waals surface area contributed by atoms with E-state index in [2.05, 4.69) is 0 Å². The summed E-state index contributed by atoms with van der Waals surface area (Å²) in [5.74, 6) is 0.0678. The zero-order valence-corrected chi connectivity index (χ0v) is 9.56. The Morgan fingerprint density at radius 2 is 2.24 bits per heavy atom. The summed E-state index contributed by atoms with van der Waals surface area (Å²) in [7, 11) is 0. The molecule has 5 nitrogen and oxygen atoms in total. The number of carbonyl (C=O) groups is 1. The summed E-state index contributed by atoms with van der Waals surface area (Å²) in [6.07, 6.45) is 0.403. The van der Waals surface area contributed by atoms with Gasteiger partial charge in [-0.3, -0.25) is 4.79 Å². The van der Waals surface area contributed by atoms with E-state index in [0.29, 0.717) is 31.9 Å². The average Bonchev–Trinajstić information content (AvgIpc) is 2.60. The molecule has 0 spiro atoms. The van der Waals surface area contributed by atoms with Crippen LogP contribution in [0.3, 0.4) is 0 Å². The van der Waals surface area contributed by atoms with Gasteiger partial charge in [0, 0.05) is 17.9 Å². The summed E-state index contributed by atoms with van der Waals surface area (Å²) < 4.78 is 5.16. The van der Waals surface area contributed by atoms with Crippen LogP contribution >= 0.6 is 0 Å². The summed E-state index contributed by atoms with van der Waals surface area (Å²) in [5, 5.41) is 8.58. The molecular weight excluding hydrogens is 220 g/mol. The molecule has 1 amide bonds. The number of amides is 1. The molecule has 1 aliphatic heterocycles. The van der Waals surface area contributed by atoms with Crippen LogP contribution in [-0.2, 0) is 16.0 Å². The van der Waals surface area contributed by atoms with Crippen molar-refractivity contribution in [3.63, 3.8) is 0 Å². The van der Waals surface area contributed by atoms with Crippen molar-refractivity contribution in [3.05, 3.63) is 23.8 Å². The SMILES string of the molecule is Nc1ccc2c(c1)CC(=O)N2CCOCCO. The molecule has 0 saturated heterocycles. The fourth-order valence-electron chi connectivity index (χ4n) is 1.97. The van der Waals surface area contributed by atoms with Gasteiger partial charge in [0.15, 0.2) is 0 Å². The number of hydrogen-bond donors (Lipinski definition) is 2. The van der Waals surface area contributed by atoms with Gasteiger partial charge in [0.1, 0.15) is 0 Å². The molecule has 92 valence electrons. The van der Waals surface area contributed by atoms with Gasteiger partial charge in [-0.05, 0) is 23.8 Å². The maximum atomic E-state index is 11.8. The van der Waals surface area contributed by atoms with E-state index in [-0.39, 0.29) is 12.5 Å². The van der Waals surface area contributed by atoms with E-state index in [4.69, 9.17) is 15.6 Å². The van der Waals surface area contributed by atoms with E-state index < -0.39 is 0 Å². The first-order chi connectivity index (χ1) is 8.22. The Labute approximate surface area is 99.8 Å². The van der Waals surface area contributed by atoms with Crippen LogP contribution in [-0.4, -0.2) is 37.4 Å². The molecule has 0 bridgehead atoms. The molecule has 0 aliphatic carbocycles. The molecule has 0 fully saturated rings. The van der Waals surface area contributed by atoms with Crippen molar-refractivity contribution in [1.82, 2.24) is 0 Å². The van der Waals surface area contributed by atoms with Gasteiger partial charge in [-0.1, -0.05) is 0 Å². The first-order valence-electron chi connectivity index (χ1n) is 5.59. The summed E-state index contributed by atoms with van der Waals surface area (Å²) >= 11 is 0. The topological polar surface area (TPSA) is 75.8 Å². The Kier molecular flexibility index (Phi) is 3.61. The summed E-state index contributed by atoms with van der Waals surface area (Å²) in [5.41, 5.74) is 8.24. The molecule has 1 aromatic carbocycles. The van der Waals surface area contributed by atoms with Gasteiger partial charge in [0.05, 0.1) is 26.2 Å². The molecule has 0 atom stereocenters.